The Bertz CT molecular complexity index is 1630. The molecular weight excluding hydrogens is 539 g/mol. The molecule has 1 aliphatic heterocycles. The fourth-order valence-electron chi connectivity index (χ4n) is 5.02. The van der Waals surface area contributed by atoms with E-state index < -0.39 is 23.9 Å². The molecule has 1 saturated heterocycles. The monoisotopic (exact) mass is 568 g/mol. The molecule has 3 aromatic carbocycles. The highest BCUT2D eigenvalue weighted by atomic mass is 19.1. The van der Waals surface area contributed by atoms with Gasteiger partial charge in [0.2, 0.25) is 5.88 Å². The molecular formula is C32H29FN4O5. The number of nitriles is 1. The Balaban J connectivity index is 1.38. The van der Waals surface area contributed by atoms with E-state index in [1.165, 1.54) is 24.4 Å². The van der Waals surface area contributed by atoms with E-state index in [0.29, 0.717) is 11.1 Å². The van der Waals surface area contributed by atoms with Gasteiger partial charge in [0.15, 0.2) is 0 Å². The number of aromatic nitrogens is 2. The molecule has 1 aliphatic rings. The molecule has 10 heteroatoms. The van der Waals surface area contributed by atoms with Gasteiger partial charge in [0.05, 0.1) is 11.7 Å². The molecule has 214 valence electrons. The minimum Gasteiger partial charge on any atom is -0.480 e. The predicted octanol–water partition coefficient (Wildman–Crippen LogP) is 4.64. The Morgan fingerprint density at radius 1 is 1.10 bits per heavy atom. The number of hydrogen-bond acceptors (Lipinski definition) is 8. The first-order chi connectivity index (χ1) is 20.3. The maximum absolute atomic E-state index is 13.8. The summed E-state index contributed by atoms with van der Waals surface area (Å²) in [6, 6.07) is 21.2. The molecule has 0 unspecified atom stereocenters. The van der Waals surface area contributed by atoms with Crippen LogP contribution in [0, 0.1) is 24.1 Å². The van der Waals surface area contributed by atoms with E-state index in [-0.39, 0.29) is 50.2 Å². The van der Waals surface area contributed by atoms with Gasteiger partial charge in [0.25, 0.3) is 0 Å². The van der Waals surface area contributed by atoms with Crippen LogP contribution in [0.15, 0.2) is 72.9 Å². The van der Waals surface area contributed by atoms with Gasteiger partial charge in [-0.05, 0) is 46.9 Å². The second-order valence-electron chi connectivity index (χ2n) is 10.1. The number of carbonyl (C=O) groups is 1. The topological polar surface area (TPSA) is 129 Å². The lowest BCUT2D eigenvalue weighted by atomic mass is 9.97. The van der Waals surface area contributed by atoms with Crippen molar-refractivity contribution in [2.75, 3.05) is 6.54 Å². The van der Waals surface area contributed by atoms with Crippen molar-refractivity contribution in [3.05, 3.63) is 107 Å². The number of rotatable bonds is 10. The summed E-state index contributed by atoms with van der Waals surface area (Å²) in [5.41, 5.74) is 5.15. The summed E-state index contributed by atoms with van der Waals surface area (Å²) in [4.78, 5) is 22.2. The number of aliphatic carboxylic acids is 1. The summed E-state index contributed by atoms with van der Waals surface area (Å²) >= 11 is 0. The number of hydrogen-bond donors (Lipinski definition) is 2. The largest absolute Gasteiger partial charge is 0.480 e. The van der Waals surface area contributed by atoms with E-state index >= 15 is 0 Å². The molecule has 9 nitrogen and oxygen atoms in total. The number of nitrogens with zero attached hydrogens (tertiary/aromatic N) is 4. The third-order valence-electron chi connectivity index (χ3n) is 7.26. The van der Waals surface area contributed by atoms with Crippen molar-refractivity contribution in [1.29, 1.82) is 5.26 Å². The Hall–Kier alpha value is -4.85. The van der Waals surface area contributed by atoms with E-state index in [1.54, 1.807) is 4.90 Å². The second-order valence-corrected chi connectivity index (χ2v) is 10.1. The van der Waals surface area contributed by atoms with Gasteiger partial charge in [0, 0.05) is 31.3 Å². The fourth-order valence-corrected chi connectivity index (χ4v) is 5.02. The summed E-state index contributed by atoms with van der Waals surface area (Å²) in [6.07, 6.45) is 0.860. The summed E-state index contributed by atoms with van der Waals surface area (Å²) in [5, 5.41) is 28.9. The van der Waals surface area contributed by atoms with Gasteiger partial charge in [0.1, 0.15) is 31.1 Å². The number of aliphatic hydroxyl groups excluding tert-OH is 1. The quantitative estimate of drug-likeness (QED) is 0.281. The highest BCUT2D eigenvalue weighted by molar-refractivity contribution is 5.74. The molecule has 42 heavy (non-hydrogen) atoms. The number of benzene rings is 3. The van der Waals surface area contributed by atoms with E-state index in [9.17, 15) is 24.7 Å². The zero-order valence-electron chi connectivity index (χ0n) is 22.9. The number of halogens is 1. The normalized spacial score (nSPS) is 16.6. The van der Waals surface area contributed by atoms with Crippen LogP contribution < -0.4 is 9.47 Å². The number of aliphatic hydroxyl groups is 1. The third kappa shape index (κ3) is 6.54. The lowest BCUT2D eigenvalue weighted by Gasteiger charge is -2.22. The van der Waals surface area contributed by atoms with Crippen LogP contribution in [0.1, 0.15) is 34.2 Å². The average Bonchev–Trinajstić information content (AvgIpc) is 3.37. The summed E-state index contributed by atoms with van der Waals surface area (Å²) in [5.74, 6) is -1.50. The molecule has 1 aromatic heterocycles. The third-order valence-corrected chi connectivity index (χ3v) is 7.26. The molecule has 4 aromatic rings. The highest BCUT2D eigenvalue weighted by Crippen LogP contribution is 2.28. The van der Waals surface area contributed by atoms with E-state index in [0.717, 1.165) is 22.3 Å². The van der Waals surface area contributed by atoms with Crippen LogP contribution in [0.5, 0.6) is 11.9 Å². The minimum atomic E-state index is -1.03. The number of β-amino-alcohol motifs (C(OH)–C–C–N with tert-alkyl or cyclic N) is 1. The minimum absolute atomic E-state index is 0.0262. The van der Waals surface area contributed by atoms with Gasteiger partial charge in [-0.3, -0.25) is 9.69 Å². The smallest absolute Gasteiger partial charge is 0.321 e. The lowest BCUT2D eigenvalue weighted by molar-refractivity contribution is -0.142. The first-order valence-corrected chi connectivity index (χ1v) is 13.4. The molecule has 0 saturated carbocycles. The maximum atomic E-state index is 13.8. The van der Waals surface area contributed by atoms with Crippen LogP contribution in [-0.4, -0.2) is 49.7 Å². The molecule has 5 rings (SSSR count). The number of carboxylic acid groups (broad SMARTS) is 1. The van der Waals surface area contributed by atoms with Crippen LogP contribution in [0.3, 0.4) is 0 Å². The lowest BCUT2D eigenvalue weighted by Crippen LogP contribution is -2.35. The maximum Gasteiger partial charge on any atom is 0.321 e. The molecule has 0 radical (unpaired) electrons. The zero-order valence-corrected chi connectivity index (χ0v) is 22.9. The first-order valence-electron chi connectivity index (χ1n) is 13.4. The molecule has 0 amide bonds. The van der Waals surface area contributed by atoms with Gasteiger partial charge in [-0.2, -0.15) is 10.2 Å². The highest BCUT2D eigenvalue weighted by Gasteiger charge is 2.36. The first kappa shape index (κ1) is 28.7. The van der Waals surface area contributed by atoms with Gasteiger partial charge in [-0.15, -0.1) is 0 Å². The van der Waals surface area contributed by atoms with Crippen molar-refractivity contribution in [2.24, 2.45) is 0 Å². The van der Waals surface area contributed by atoms with Crippen LogP contribution in [0.2, 0.25) is 0 Å². The van der Waals surface area contributed by atoms with Gasteiger partial charge >= 0.3 is 12.0 Å². The van der Waals surface area contributed by atoms with Crippen molar-refractivity contribution in [3.8, 4) is 29.1 Å². The molecule has 0 bridgehead atoms. The summed E-state index contributed by atoms with van der Waals surface area (Å²) in [6.45, 7) is 2.50. The SMILES string of the molecule is Cc1c(COc2ncc(CN3C[C@H](O)C[C@H]3C(=O)O)c(OCc3ccc(F)c(C#N)c3)n2)cccc1-c1ccccc1. The van der Waals surface area contributed by atoms with Crippen molar-refractivity contribution in [2.45, 2.75) is 45.2 Å². The van der Waals surface area contributed by atoms with Gasteiger partial charge in [-0.1, -0.05) is 54.6 Å². The van der Waals surface area contributed by atoms with E-state index in [2.05, 4.69) is 16.0 Å². The molecule has 0 spiro atoms. The molecule has 2 atom stereocenters. The Labute approximate surface area is 242 Å². The average molecular weight is 569 g/mol. The molecule has 1 fully saturated rings. The summed E-state index contributed by atoms with van der Waals surface area (Å²) in [7, 11) is 0. The standard InChI is InChI=1S/C32H29FN4O5/c1-20-23(8-5-9-27(20)22-6-3-2-4-7-22)19-42-32-35-15-25(16-37-17-26(38)13-29(37)31(39)40)30(36-32)41-18-21-10-11-28(33)24(12-21)14-34/h2-12,15,26,29,38H,13,16-19H2,1H3,(H,39,40)/t26-,29+/m1/s1. The zero-order chi connectivity index (χ0) is 29.6. The molecule has 2 N–H and O–H groups in total. The molecule has 0 aliphatic carbocycles. The van der Waals surface area contributed by atoms with Crippen molar-refractivity contribution < 1.29 is 28.9 Å². The van der Waals surface area contributed by atoms with Crippen LogP contribution >= 0.6 is 0 Å². The number of likely N-dealkylation sites (tertiary alicyclic amines) is 1. The van der Waals surface area contributed by atoms with Crippen LogP contribution in [-0.2, 0) is 24.6 Å². The van der Waals surface area contributed by atoms with Crippen LogP contribution in [0.4, 0.5) is 4.39 Å². The van der Waals surface area contributed by atoms with E-state index in [4.69, 9.17) is 9.47 Å². The van der Waals surface area contributed by atoms with E-state index in [1.807, 2.05) is 55.5 Å². The van der Waals surface area contributed by atoms with Crippen molar-refractivity contribution >= 4 is 5.97 Å². The summed E-state index contributed by atoms with van der Waals surface area (Å²) < 4.78 is 25.8. The van der Waals surface area contributed by atoms with Gasteiger partial charge in [-0.25, -0.2) is 9.37 Å². The Morgan fingerprint density at radius 3 is 2.67 bits per heavy atom. The predicted molar refractivity (Wildman–Crippen MR) is 151 cm³/mol. The number of ether oxygens (including phenoxy) is 2. The van der Waals surface area contributed by atoms with Crippen molar-refractivity contribution in [3.63, 3.8) is 0 Å². The Morgan fingerprint density at radius 2 is 1.90 bits per heavy atom. The second kappa shape index (κ2) is 12.8. The van der Waals surface area contributed by atoms with Crippen LogP contribution in [0.25, 0.3) is 11.1 Å². The fraction of sp³-hybridized carbons (Fsp3) is 0.250. The number of carboxylic acids is 1. The Kier molecular flexibility index (Phi) is 8.71. The van der Waals surface area contributed by atoms with Crippen molar-refractivity contribution in [1.82, 2.24) is 14.9 Å². The van der Waals surface area contributed by atoms with Gasteiger partial charge < -0.3 is 19.7 Å². The molecule has 2 heterocycles.